The summed E-state index contributed by atoms with van der Waals surface area (Å²) in [5.74, 6) is -0.0890. The van der Waals surface area contributed by atoms with E-state index in [9.17, 15) is 19.2 Å². The van der Waals surface area contributed by atoms with Crippen molar-refractivity contribution in [1.82, 2.24) is 19.4 Å². The lowest BCUT2D eigenvalue weighted by Gasteiger charge is -2.74. The zero-order valence-corrected chi connectivity index (χ0v) is 22.1. The van der Waals surface area contributed by atoms with Gasteiger partial charge in [0.15, 0.2) is 0 Å². The third-order valence-corrected chi connectivity index (χ3v) is 9.28. The Morgan fingerprint density at radius 3 is 2.35 bits per heavy atom. The van der Waals surface area contributed by atoms with Gasteiger partial charge in [0.2, 0.25) is 11.8 Å². The van der Waals surface area contributed by atoms with Crippen molar-refractivity contribution in [1.29, 1.82) is 0 Å². The minimum Gasteiger partial charge on any atom is -0.444 e. The van der Waals surface area contributed by atoms with Crippen LogP contribution in [-0.2, 0) is 26.8 Å². The first-order chi connectivity index (χ1) is 17.4. The Bertz CT molecular complexity index is 1350. The second-order valence-corrected chi connectivity index (χ2v) is 12.8. The van der Waals surface area contributed by atoms with Crippen molar-refractivity contribution in [2.24, 2.45) is 18.4 Å². The predicted octanol–water partition coefficient (Wildman–Crippen LogP) is 3.39. The highest BCUT2D eigenvalue weighted by atomic mass is 16.6. The highest BCUT2D eigenvalue weighted by molar-refractivity contribution is 6.00. The average molecular weight is 509 g/mol. The Labute approximate surface area is 216 Å². The Morgan fingerprint density at radius 1 is 1.05 bits per heavy atom. The Morgan fingerprint density at radius 2 is 1.73 bits per heavy atom. The van der Waals surface area contributed by atoms with E-state index in [0.29, 0.717) is 17.8 Å². The number of aromatic nitrogens is 2. The molecule has 1 aromatic carbocycles. The van der Waals surface area contributed by atoms with Crippen LogP contribution in [0.3, 0.4) is 0 Å². The van der Waals surface area contributed by atoms with Gasteiger partial charge in [-0.25, -0.2) is 9.59 Å². The van der Waals surface area contributed by atoms with Crippen LogP contribution in [0.25, 0.3) is 11.0 Å². The molecule has 7 rings (SSSR count). The van der Waals surface area contributed by atoms with Crippen LogP contribution in [-0.4, -0.2) is 50.6 Å². The van der Waals surface area contributed by atoms with Gasteiger partial charge in [0.1, 0.15) is 11.6 Å². The van der Waals surface area contributed by atoms with Gasteiger partial charge in [-0.05, 0) is 87.7 Å². The predicted molar refractivity (Wildman–Crippen MR) is 137 cm³/mol. The SMILES string of the molecule is Cn1c(=O)n(C2CCC(=O)NC2=O)c2cccc(C34CC(C5CCN(C(=O)OC(C)(C)C)CC5)(C3)C4)c21. The van der Waals surface area contributed by atoms with E-state index in [4.69, 9.17) is 4.74 Å². The molecule has 0 spiro atoms. The number of nitrogens with one attached hydrogen (secondary N) is 1. The number of nitrogens with zero attached hydrogens (tertiary/aromatic N) is 3. The number of likely N-dealkylation sites (tertiary alicyclic amines) is 1. The molecular weight excluding hydrogens is 472 g/mol. The molecule has 2 aromatic rings. The molecule has 2 bridgehead atoms. The first-order valence-corrected chi connectivity index (χ1v) is 13.5. The molecular formula is C28H36N4O5. The summed E-state index contributed by atoms with van der Waals surface area (Å²) in [5, 5.41) is 2.39. The maximum Gasteiger partial charge on any atom is 0.410 e. The van der Waals surface area contributed by atoms with E-state index in [2.05, 4.69) is 11.4 Å². The van der Waals surface area contributed by atoms with E-state index in [0.717, 1.165) is 56.2 Å². The van der Waals surface area contributed by atoms with E-state index >= 15 is 0 Å². The van der Waals surface area contributed by atoms with Crippen molar-refractivity contribution < 1.29 is 19.1 Å². The summed E-state index contributed by atoms with van der Waals surface area (Å²) in [6, 6.07) is 5.38. The molecule has 198 valence electrons. The fraction of sp³-hybridized carbons (Fsp3) is 0.643. The molecule has 9 nitrogen and oxygen atoms in total. The Hall–Kier alpha value is -3.10. The van der Waals surface area contributed by atoms with Gasteiger partial charge in [-0.1, -0.05) is 12.1 Å². The van der Waals surface area contributed by atoms with Crippen molar-refractivity contribution in [3.8, 4) is 0 Å². The smallest absolute Gasteiger partial charge is 0.410 e. The van der Waals surface area contributed by atoms with Gasteiger partial charge in [-0.2, -0.15) is 0 Å². The number of para-hydroxylation sites is 1. The molecule has 5 aliphatic rings. The monoisotopic (exact) mass is 508 g/mol. The van der Waals surface area contributed by atoms with Crippen LogP contribution in [0.1, 0.15) is 77.3 Å². The van der Waals surface area contributed by atoms with Crippen LogP contribution in [0, 0.1) is 11.3 Å². The van der Waals surface area contributed by atoms with E-state index in [1.54, 1.807) is 16.2 Å². The van der Waals surface area contributed by atoms with Gasteiger partial charge >= 0.3 is 11.8 Å². The number of imide groups is 1. The molecule has 37 heavy (non-hydrogen) atoms. The van der Waals surface area contributed by atoms with Crippen molar-refractivity contribution in [3.05, 3.63) is 34.2 Å². The van der Waals surface area contributed by atoms with Gasteiger partial charge in [0.05, 0.1) is 11.0 Å². The highest BCUT2D eigenvalue weighted by Crippen LogP contribution is 2.77. The molecule has 3 heterocycles. The zero-order valence-electron chi connectivity index (χ0n) is 22.1. The summed E-state index contributed by atoms with van der Waals surface area (Å²) in [5.41, 5.74) is 2.58. The fourth-order valence-corrected chi connectivity index (χ4v) is 7.68. The van der Waals surface area contributed by atoms with Crippen LogP contribution in [0.2, 0.25) is 0 Å². The number of ether oxygens (including phenoxy) is 1. The Kier molecular flexibility index (Phi) is 5.21. The van der Waals surface area contributed by atoms with Gasteiger partial charge in [0, 0.05) is 26.6 Å². The van der Waals surface area contributed by atoms with Gasteiger partial charge in [-0.3, -0.25) is 24.0 Å². The molecule has 5 fully saturated rings. The van der Waals surface area contributed by atoms with Gasteiger partial charge in [-0.15, -0.1) is 0 Å². The molecule has 3 saturated carbocycles. The molecule has 1 atom stereocenters. The normalized spacial score (nSPS) is 30.1. The van der Waals surface area contributed by atoms with E-state index in [1.165, 1.54) is 5.56 Å². The summed E-state index contributed by atoms with van der Waals surface area (Å²) in [4.78, 5) is 51.9. The quantitative estimate of drug-likeness (QED) is 0.641. The number of amides is 3. The molecule has 1 aromatic heterocycles. The zero-order chi connectivity index (χ0) is 26.3. The number of fused-ring (bicyclic) bond motifs is 1. The maximum atomic E-state index is 13.3. The van der Waals surface area contributed by atoms with E-state index in [-0.39, 0.29) is 29.5 Å². The lowest BCUT2D eigenvalue weighted by Crippen LogP contribution is -2.68. The number of benzene rings is 1. The second kappa shape index (κ2) is 7.95. The number of hydrogen-bond acceptors (Lipinski definition) is 5. The molecule has 9 heteroatoms. The van der Waals surface area contributed by atoms with Crippen LogP contribution in [0.5, 0.6) is 0 Å². The largest absolute Gasteiger partial charge is 0.444 e. The summed E-state index contributed by atoms with van der Waals surface area (Å²) in [7, 11) is 1.78. The molecule has 3 amide bonds. The lowest BCUT2D eigenvalue weighted by molar-refractivity contribution is -0.189. The minimum atomic E-state index is -0.668. The van der Waals surface area contributed by atoms with Crippen molar-refractivity contribution >= 4 is 28.9 Å². The highest BCUT2D eigenvalue weighted by Gasteiger charge is 2.70. The third-order valence-electron chi connectivity index (χ3n) is 9.28. The number of piperidine rings is 2. The maximum absolute atomic E-state index is 13.3. The average Bonchev–Trinajstić information content (AvgIpc) is 3.02. The molecule has 1 N–H and O–H groups in total. The summed E-state index contributed by atoms with van der Waals surface area (Å²) >= 11 is 0. The molecule has 2 aliphatic heterocycles. The molecule has 2 saturated heterocycles. The van der Waals surface area contributed by atoms with E-state index < -0.39 is 17.6 Å². The first kappa shape index (κ1) is 24.2. The summed E-state index contributed by atoms with van der Waals surface area (Å²) < 4.78 is 8.82. The fourth-order valence-electron chi connectivity index (χ4n) is 7.68. The molecule has 0 radical (unpaired) electrons. The number of carbonyl (C=O) groups is 3. The minimum absolute atomic E-state index is 0.0724. The Balaban J connectivity index is 1.20. The first-order valence-electron chi connectivity index (χ1n) is 13.5. The standard InChI is InChI=1S/C28H36N4O5/c1-26(2,3)37-25(36)31-12-10-17(11-13-31)27-14-28(15-27,16-27)18-6-5-7-19-22(18)30(4)24(35)32(19)20-8-9-21(33)29-23(20)34/h5-7,17,20H,8-16H2,1-4H3,(H,29,33,34). The number of rotatable bonds is 3. The lowest BCUT2D eigenvalue weighted by atomic mass is 9.30. The van der Waals surface area contributed by atoms with Crippen LogP contribution >= 0.6 is 0 Å². The molecule has 3 aliphatic carbocycles. The molecule has 1 unspecified atom stereocenters. The van der Waals surface area contributed by atoms with Gasteiger partial charge in [0.25, 0.3) is 0 Å². The van der Waals surface area contributed by atoms with Crippen LogP contribution in [0.15, 0.2) is 23.0 Å². The topological polar surface area (TPSA) is 103 Å². The van der Waals surface area contributed by atoms with Crippen molar-refractivity contribution in [2.75, 3.05) is 13.1 Å². The third kappa shape index (κ3) is 3.64. The van der Waals surface area contributed by atoms with E-state index in [1.807, 2.05) is 37.8 Å². The number of carbonyl (C=O) groups excluding carboxylic acids is 3. The van der Waals surface area contributed by atoms with Crippen molar-refractivity contribution in [2.45, 2.75) is 82.8 Å². The van der Waals surface area contributed by atoms with Gasteiger partial charge < -0.3 is 9.64 Å². The van der Waals surface area contributed by atoms with Crippen LogP contribution < -0.4 is 11.0 Å². The number of aryl methyl sites for hydroxylation is 1. The summed E-state index contributed by atoms with van der Waals surface area (Å²) in [6.45, 7) is 7.18. The number of hydrogen-bond donors (Lipinski definition) is 1. The number of imidazole rings is 1. The van der Waals surface area contributed by atoms with Crippen LogP contribution in [0.4, 0.5) is 4.79 Å². The summed E-state index contributed by atoms with van der Waals surface area (Å²) in [6.07, 6.45) is 5.68. The van der Waals surface area contributed by atoms with Crippen molar-refractivity contribution in [3.63, 3.8) is 0 Å². The second-order valence-electron chi connectivity index (χ2n) is 12.8.